The first-order valence-corrected chi connectivity index (χ1v) is 6.26. The van der Waals surface area contributed by atoms with Gasteiger partial charge in [0, 0.05) is 35.1 Å². The monoisotopic (exact) mass is 271 g/mol. The Hall–Kier alpha value is -2.40. The van der Waals surface area contributed by atoms with Gasteiger partial charge >= 0.3 is 0 Å². The first kappa shape index (κ1) is 14.0. The SMILES string of the molecule is Cc1cc(Oc2ccc(C(N)=O)cc2)c(CN)c(C)n1. The van der Waals surface area contributed by atoms with Gasteiger partial charge in [-0.1, -0.05) is 0 Å². The van der Waals surface area contributed by atoms with E-state index in [1.165, 1.54) is 0 Å². The van der Waals surface area contributed by atoms with Crippen molar-refractivity contribution in [3.05, 3.63) is 52.8 Å². The molecule has 2 rings (SSSR count). The molecule has 20 heavy (non-hydrogen) atoms. The average molecular weight is 271 g/mol. The number of amides is 1. The molecule has 1 aromatic heterocycles. The molecule has 0 unspecified atom stereocenters. The van der Waals surface area contributed by atoms with Crippen molar-refractivity contribution < 1.29 is 9.53 Å². The van der Waals surface area contributed by atoms with E-state index >= 15 is 0 Å². The van der Waals surface area contributed by atoms with Crippen molar-refractivity contribution in [3.63, 3.8) is 0 Å². The van der Waals surface area contributed by atoms with Crippen molar-refractivity contribution in [2.75, 3.05) is 0 Å². The standard InChI is InChI=1S/C15H17N3O2/c1-9-7-14(13(8-16)10(2)18-9)20-12-5-3-11(4-6-12)15(17)19/h3-7H,8,16H2,1-2H3,(H2,17,19). The number of hydrogen-bond acceptors (Lipinski definition) is 4. The topological polar surface area (TPSA) is 91.2 Å². The summed E-state index contributed by atoms with van der Waals surface area (Å²) in [6, 6.07) is 8.50. The second-order valence-electron chi connectivity index (χ2n) is 4.52. The average Bonchev–Trinajstić information content (AvgIpc) is 2.39. The highest BCUT2D eigenvalue weighted by molar-refractivity contribution is 5.92. The predicted molar refractivity (Wildman–Crippen MR) is 76.6 cm³/mol. The highest BCUT2D eigenvalue weighted by Crippen LogP contribution is 2.27. The molecule has 5 heteroatoms. The normalized spacial score (nSPS) is 10.3. The number of hydrogen-bond donors (Lipinski definition) is 2. The number of pyridine rings is 1. The van der Waals surface area contributed by atoms with Crippen LogP contribution in [0, 0.1) is 13.8 Å². The molecule has 1 amide bonds. The van der Waals surface area contributed by atoms with Gasteiger partial charge in [-0.05, 0) is 38.1 Å². The summed E-state index contributed by atoms with van der Waals surface area (Å²) in [5.74, 6) is 0.842. The molecular formula is C15H17N3O2. The Kier molecular flexibility index (Phi) is 4.00. The van der Waals surface area contributed by atoms with Gasteiger partial charge in [-0.15, -0.1) is 0 Å². The Labute approximate surface area is 117 Å². The summed E-state index contributed by atoms with van der Waals surface area (Å²) in [6.07, 6.45) is 0. The maximum Gasteiger partial charge on any atom is 0.248 e. The van der Waals surface area contributed by atoms with Gasteiger partial charge in [-0.2, -0.15) is 0 Å². The molecule has 0 fully saturated rings. The maximum atomic E-state index is 11.0. The molecule has 1 aromatic carbocycles. The van der Waals surface area contributed by atoms with Crippen LogP contribution in [-0.4, -0.2) is 10.9 Å². The Balaban J connectivity index is 2.32. The van der Waals surface area contributed by atoms with E-state index in [4.69, 9.17) is 16.2 Å². The highest BCUT2D eigenvalue weighted by Gasteiger charge is 2.09. The molecule has 0 saturated heterocycles. The summed E-state index contributed by atoms with van der Waals surface area (Å²) in [5.41, 5.74) is 14.0. The molecule has 0 aliphatic carbocycles. The largest absolute Gasteiger partial charge is 0.457 e. The van der Waals surface area contributed by atoms with E-state index in [1.807, 2.05) is 19.9 Å². The molecule has 2 aromatic rings. The predicted octanol–water partition coefficient (Wildman–Crippen LogP) is 2.05. The number of nitrogens with zero attached hydrogens (tertiary/aromatic N) is 1. The fourth-order valence-corrected chi connectivity index (χ4v) is 1.97. The third-order valence-corrected chi connectivity index (χ3v) is 2.99. The lowest BCUT2D eigenvalue weighted by molar-refractivity contribution is 0.100. The van der Waals surface area contributed by atoms with E-state index in [0.29, 0.717) is 23.6 Å². The van der Waals surface area contributed by atoms with Crippen LogP contribution in [0.2, 0.25) is 0 Å². The van der Waals surface area contributed by atoms with Crippen molar-refractivity contribution in [1.29, 1.82) is 0 Å². The van der Waals surface area contributed by atoms with E-state index < -0.39 is 5.91 Å². The van der Waals surface area contributed by atoms with Crippen molar-refractivity contribution >= 4 is 5.91 Å². The van der Waals surface area contributed by atoms with Gasteiger partial charge in [-0.3, -0.25) is 9.78 Å². The van der Waals surface area contributed by atoms with E-state index in [9.17, 15) is 4.79 Å². The summed E-state index contributed by atoms with van der Waals surface area (Å²) in [7, 11) is 0. The fraction of sp³-hybridized carbons (Fsp3) is 0.200. The van der Waals surface area contributed by atoms with Crippen molar-refractivity contribution in [3.8, 4) is 11.5 Å². The molecule has 0 aliphatic rings. The number of carbonyl (C=O) groups is 1. The summed E-state index contributed by atoms with van der Waals surface area (Å²) < 4.78 is 5.82. The molecule has 0 radical (unpaired) electrons. The Morgan fingerprint density at radius 2 is 1.90 bits per heavy atom. The van der Waals surface area contributed by atoms with E-state index in [2.05, 4.69) is 4.98 Å². The summed E-state index contributed by atoms with van der Waals surface area (Å²) >= 11 is 0. The number of primary amides is 1. The first-order valence-electron chi connectivity index (χ1n) is 6.26. The van der Waals surface area contributed by atoms with Crippen LogP contribution < -0.4 is 16.2 Å². The Morgan fingerprint density at radius 3 is 2.45 bits per heavy atom. The van der Waals surface area contributed by atoms with Crippen molar-refractivity contribution in [2.24, 2.45) is 11.5 Å². The first-order chi connectivity index (χ1) is 9.51. The number of benzene rings is 1. The van der Waals surface area contributed by atoms with Gasteiger partial charge in [0.1, 0.15) is 11.5 Å². The van der Waals surface area contributed by atoms with Gasteiger partial charge in [0.15, 0.2) is 0 Å². The van der Waals surface area contributed by atoms with E-state index in [0.717, 1.165) is 17.0 Å². The van der Waals surface area contributed by atoms with Crippen molar-refractivity contribution in [2.45, 2.75) is 20.4 Å². The molecular weight excluding hydrogens is 254 g/mol. The zero-order valence-electron chi connectivity index (χ0n) is 11.5. The van der Waals surface area contributed by atoms with Gasteiger partial charge < -0.3 is 16.2 Å². The summed E-state index contributed by atoms with van der Waals surface area (Å²) in [6.45, 7) is 4.16. The number of rotatable bonds is 4. The lowest BCUT2D eigenvalue weighted by atomic mass is 10.1. The summed E-state index contributed by atoms with van der Waals surface area (Å²) in [5, 5.41) is 0. The highest BCUT2D eigenvalue weighted by atomic mass is 16.5. The maximum absolute atomic E-state index is 11.0. The van der Waals surface area contributed by atoms with Gasteiger partial charge in [0.25, 0.3) is 0 Å². The Bertz CT molecular complexity index is 636. The zero-order valence-corrected chi connectivity index (χ0v) is 11.5. The molecule has 0 atom stereocenters. The van der Waals surface area contributed by atoms with Gasteiger partial charge in [0.05, 0.1) is 0 Å². The second-order valence-corrected chi connectivity index (χ2v) is 4.52. The lowest BCUT2D eigenvalue weighted by Gasteiger charge is -2.13. The Morgan fingerprint density at radius 1 is 1.25 bits per heavy atom. The lowest BCUT2D eigenvalue weighted by Crippen LogP contribution is -2.10. The second kappa shape index (κ2) is 5.71. The van der Waals surface area contributed by atoms with Crippen LogP contribution >= 0.6 is 0 Å². The number of aryl methyl sites for hydroxylation is 2. The van der Waals surface area contributed by atoms with Crippen LogP contribution in [0.15, 0.2) is 30.3 Å². The minimum Gasteiger partial charge on any atom is -0.457 e. The van der Waals surface area contributed by atoms with Crippen molar-refractivity contribution in [1.82, 2.24) is 4.98 Å². The molecule has 104 valence electrons. The minimum absolute atomic E-state index is 0.355. The fourth-order valence-electron chi connectivity index (χ4n) is 1.97. The quantitative estimate of drug-likeness (QED) is 0.890. The summed E-state index contributed by atoms with van der Waals surface area (Å²) in [4.78, 5) is 15.4. The number of ether oxygens (including phenoxy) is 1. The molecule has 0 spiro atoms. The zero-order chi connectivity index (χ0) is 14.7. The smallest absolute Gasteiger partial charge is 0.248 e. The van der Waals surface area contributed by atoms with Crippen LogP contribution in [0.1, 0.15) is 27.3 Å². The van der Waals surface area contributed by atoms with Crippen LogP contribution in [0.25, 0.3) is 0 Å². The van der Waals surface area contributed by atoms with Crippen LogP contribution in [0.3, 0.4) is 0 Å². The molecule has 4 N–H and O–H groups in total. The van der Waals surface area contributed by atoms with Gasteiger partial charge in [-0.25, -0.2) is 0 Å². The molecule has 1 heterocycles. The van der Waals surface area contributed by atoms with E-state index in [-0.39, 0.29) is 0 Å². The number of nitrogens with two attached hydrogens (primary N) is 2. The molecule has 5 nitrogen and oxygen atoms in total. The van der Waals surface area contributed by atoms with Crippen LogP contribution in [0.5, 0.6) is 11.5 Å². The molecule has 0 aliphatic heterocycles. The third kappa shape index (κ3) is 2.95. The molecule has 0 saturated carbocycles. The third-order valence-electron chi connectivity index (χ3n) is 2.99. The number of carbonyl (C=O) groups excluding carboxylic acids is 1. The van der Waals surface area contributed by atoms with Crippen LogP contribution in [0.4, 0.5) is 0 Å². The molecule has 0 bridgehead atoms. The van der Waals surface area contributed by atoms with Crippen LogP contribution in [-0.2, 0) is 6.54 Å². The van der Waals surface area contributed by atoms with E-state index in [1.54, 1.807) is 24.3 Å². The number of aromatic nitrogens is 1. The van der Waals surface area contributed by atoms with Gasteiger partial charge in [0.2, 0.25) is 5.91 Å². The minimum atomic E-state index is -0.463.